The fourth-order valence-electron chi connectivity index (χ4n) is 2.50. The van der Waals surface area contributed by atoms with Crippen LogP contribution in [0.5, 0.6) is 5.75 Å². The number of aromatic amines is 1. The van der Waals surface area contributed by atoms with E-state index in [-0.39, 0.29) is 5.59 Å². The Labute approximate surface area is 126 Å². The van der Waals surface area contributed by atoms with Crippen LogP contribution in [0.25, 0.3) is 22.2 Å². The third-order valence-corrected chi connectivity index (χ3v) is 3.46. The normalized spacial score (nSPS) is 10.5. The van der Waals surface area contributed by atoms with Crippen molar-refractivity contribution < 1.29 is 14.8 Å². The Kier molecular flexibility index (Phi) is 3.55. The van der Waals surface area contributed by atoms with Gasteiger partial charge in [0, 0.05) is 22.7 Å². The lowest BCUT2D eigenvalue weighted by Crippen LogP contribution is -2.32. The molecule has 0 aliphatic heterocycles. The molecule has 0 radical (unpaired) electrons. The zero-order valence-electron chi connectivity index (χ0n) is 11.7. The summed E-state index contributed by atoms with van der Waals surface area (Å²) in [6.07, 6.45) is 1.61. The molecular formula is C15H12BN3O3. The van der Waals surface area contributed by atoms with Gasteiger partial charge in [-0.2, -0.15) is 5.26 Å². The zero-order valence-corrected chi connectivity index (χ0v) is 11.7. The third-order valence-electron chi connectivity index (χ3n) is 3.46. The molecule has 3 aromatic rings. The number of methoxy groups -OCH3 is 1. The number of ether oxygens (including phenoxy) is 1. The first kappa shape index (κ1) is 14.1. The summed E-state index contributed by atoms with van der Waals surface area (Å²) in [4.78, 5) is 7.09. The van der Waals surface area contributed by atoms with Gasteiger partial charge < -0.3 is 19.8 Å². The standard InChI is InChI=1S/C15H12BN3O3/c1-22-12-5-4-9(8-17)7-11(12)13-10-3-2-6-18-15(10)19-14(13)16(20)21/h2-7,20-21H,1H3,(H,18,19). The van der Waals surface area contributed by atoms with Gasteiger partial charge in [-0.05, 0) is 30.3 Å². The molecule has 3 rings (SSSR count). The molecule has 0 aliphatic rings. The summed E-state index contributed by atoms with van der Waals surface area (Å²) in [5.74, 6) is 0.533. The molecule has 0 spiro atoms. The van der Waals surface area contributed by atoms with E-state index >= 15 is 0 Å². The summed E-state index contributed by atoms with van der Waals surface area (Å²) < 4.78 is 5.35. The highest BCUT2D eigenvalue weighted by atomic mass is 16.5. The first-order valence-electron chi connectivity index (χ1n) is 6.57. The van der Waals surface area contributed by atoms with Crippen molar-refractivity contribution >= 4 is 23.7 Å². The Hall–Kier alpha value is -2.82. The average Bonchev–Trinajstić information content (AvgIpc) is 2.93. The van der Waals surface area contributed by atoms with Gasteiger partial charge in [0.25, 0.3) is 0 Å². The van der Waals surface area contributed by atoms with Crippen LogP contribution in [-0.2, 0) is 0 Å². The molecule has 3 N–H and O–H groups in total. The number of nitrogens with zero attached hydrogens (tertiary/aromatic N) is 2. The van der Waals surface area contributed by atoms with E-state index in [9.17, 15) is 10.0 Å². The monoisotopic (exact) mass is 293 g/mol. The molecule has 0 saturated heterocycles. The quantitative estimate of drug-likeness (QED) is 0.620. The van der Waals surface area contributed by atoms with Gasteiger partial charge in [0.1, 0.15) is 11.4 Å². The summed E-state index contributed by atoms with van der Waals surface area (Å²) in [6.45, 7) is 0. The maximum Gasteiger partial charge on any atom is 0.506 e. The number of benzene rings is 1. The van der Waals surface area contributed by atoms with Gasteiger partial charge in [-0.25, -0.2) is 4.98 Å². The number of aromatic nitrogens is 2. The Morgan fingerprint density at radius 1 is 1.32 bits per heavy atom. The highest BCUT2D eigenvalue weighted by Crippen LogP contribution is 2.34. The van der Waals surface area contributed by atoms with Crippen LogP contribution in [0.1, 0.15) is 5.56 Å². The molecule has 7 heteroatoms. The fourth-order valence-corrected chi connectivity index (χ4v) is 2.50. The zero-order chi connectivity index (χ0) is 15.7. The van der Waals surface area contributed by atoms with E-state index in [0.717, 1.165) is 5.39 Å². The lowest BCUT2D eigenvalue weighted by atomic mass is 9.80. The molecule has 22 heavy (non-hydrogen) atoms. The van der Waals surface area contributed by atoms with Crippen molar-refractivity contribution in [1.29, 1.82) is 5.26 Å². The number of H-pyrrole nitrogens is 1. The van der Waals surface area contributed by atoms with Crippen LogP contribution >= 0.6 is 0 Å². The van der Waals surface area contributed by atoms with E-state index in [1.54, 1.807) is 30.5 Å². The van der Waals surface area contributed by atoms with Gasteiger partial charge in [0.15, 0.2) is 0 Å². The van der Waals surface area contributed by atoms with E-state index in [2.05, 4.69) is 16.0 Å². The number of fused-ring (bicyclic) bond motifs is 1. The van der Waals surface area contributed by atoms with Gasteiger partial charge in [0.05, 0.1) is 24.3 Å². The molecule has 2 heterocycles. The maximum absolute atomic E-state index is 9.65. The SMILES string of the molecule is COc1ccc(C#N)cc1-c1c(B(O)O)[nH]c2ncccc12. The van der Waals surface area contributed by atoms with Gasteiger partial charge >= 0.3 is 7.12 Å². The Morgan fingerprint density at radius 3 is 2.82 bits per heavy atom. The van der Waals surface area contributed by atoms with Crippen LogP contribution in [-0.4, -0.2) is 34.2 Å². The minimum Gasteiger partial charge on any atom is -0.496 e. The molecule has 0 fully saturated rings. The maximum atomic E-state index is 9.65. The van der Waals surface area contributed by atoms with E-state index < -0.39 is 7.12 Å². The molecule has 1 aromatic carbocycles. The summed E-state index contributed by atoms with van der Waals surface area (Å²) in [7, 11) is -0.174. The van der Waals surface area contributed by atoms with Gasteiger partial charge in [-0.1, -0.05) is 0 Å². The van der Waals surface area contributed by atoms with Gasteiger partial charge in [-0.15, -0.1) is 0 Å². The minimum atomic E-state index is -1.69. The Bertz CT molecular complexity index is 883. The second-order valence-electron chi connectivity index (χ2n) is 4.71. The largest absolute Gasteiger partial charge is 0.506 e. The molecule has 2 aromatic heterocycles. The van der Waals surface area contributed by atoms with Crippen molar-refractivity contribution in [2.45, 2.75) is 0 Å². The lowest BCUT2D eigenvalue weighted by Gasteiger charge is -2.10. The Balaban J connectivity index is 2.39. The van der Waals surface area contributed by atoms with Crippen LogP contribution in [0.2, 0.25) is 0 Å². The summed E-state index contributed by atoms with van der Waals surface area (Å²) in [5, 5.41) is 29.1. The van der Waals surface area contributed by atoms with Crippen molar-refractivity contribution in [3.8, 4) is 22.9 Å². The topological polar surface area (TPSA) is 102 Å². The fraction of sp³-hybridized carbons (Fsp3) is 0.0667. The first-order chi connectivity index (χ1) is 10.7. The molecule has 0 bridgehead atoms. The number of hydrogen-bond donors (Lipinski definition) is 3. The van der Waals surface area contributed by atoms with Crippen molar-refractivity contribution in [2.24, 2.45) is 0 Å². The third kappa shape index (κ3) is 2.20. The van der Waals surface area contributed by atoms with E-state index in [4.69, 9.17) is 10.00 Å². The lowest BCUT2D eigenvalue weighted by molar-refractivity contribution is 0.416. The van der Waals surface area contributed by atoms with Crippen molar-refractivity contribution in [2.75, 3.05) is 7.11 Å². The van der Waals surface area contributed by atoms with Crippen molar-refractivity contribution in [1.82, 2.24) is 9.97 Å². The Morgan fingerprint density at radius 2 is 2.14 bits per heavy atom. The first-order valence-corrected chi connectivity index (χ1v) is 6.57. The number of nitriles is 1. The second kappa shape index (κ2) is 5.52. The molecule has 6 nitrogen and oxygen atoms in total. The highest BCUT2D eigenvalue weighted by Gasteiger charge is 2.25. The molecule has 0 unspecified atom stereocenters. The number of hydrogen-bond acceptors (Lipinski definition) is 5. The molecule has 0 saturated carbocycles. The minimum absolute atomic E-state index is 0.210. The van der Waals surface area contributed by atoms with Crippen LogP contribution < -0.4 is 10.3 Å². The van der Waals surface area contributed by atoms with Gasteiger partial charge in [0.2, 0.25) is 0 Å². The highest BCUT2D eigenvalue weighted by molar-refractivity contribution is 6.60. The van der Waals surface area contributed by atoms with Crippen molar-refractivity contribution in [3.05, 3.63) is 42.1 Å². The smallest absolute Gasteiger partial charge is 0.496 e. The molecule has 0 aliphatic carbocycles. The summed E-state index contributed by atoms with van der Waals surface area (Å²) >= 11 is 0. The molecular weight excluding hydrogens is 281 g/mol. The number of rotatable bonds is 3. The predicted octanol–water partition coefficient (Wildman–Crippen LogP) is 0.790. The van der Waals surface area contributed by atoms with Crippen LogP contribution in [0.15, 0.2) is 36.5 Å². The van der Waals surface area contributed by atoms with Gasteiger partial charge in [-0.3, -0.25) is 0 Å². The second-order valence-corrected chi connectivity index (χ2v) is 4.71. The van der Waals surface area contributed by atoms with E-state index in [1.807, 2.05) is 6.07 Å². The van der Waals surface area contributed by atoms with Crippen LogP contribution in [0.3, 0.4) is 0 Å². The van der Waals surface area contributed by atoms with Crippen LogP contribution in [0.4, 0.5) is 0 Å². The molecule has 0 atom stereocenters. The van der Waals surface area contributed by atoms with E-state index in [1.165, 1.54) is 7.11 Å². The van der Waals surface area contributed by atoms with Crippen LogP contribution in [0, 0.1) is 11.3 Å². The predicted molar refractivity (Wildman–Crippen MR) is 82.6 cm³/mol. The number of nitrogens with one attached hydrogen (secondary N) is 1. The number of pyridine rings is 1. The molecule has 0 amide bonds. The van der Waals surface area contributed by atoms with Crippen molar-refractivity contribution in [3.63, 3.8) is 0 Å². The molecule has 108 valence electrons. The van der Waals surface area contributed by atoms with E-state index in [0.29, 0.717) is 28.1 Å². The summed E-state index contributed by atoms with van der Waals surface area (Å²) in [6, 6.07) is 10.6. The summed E-state index contributed by atoms with van der Waals surface area (Å²) in [5.41, 5.74) is 2.36. The average molecular weight is 293 g/mol.